The second-order valence-corrected chi connectivity index (χ2v) is 3.97. The number of anilines is 1. The third-order valence-corrected chi connectivity index (χ3v) is 2.82. The topological polar surface area (TPSA) is 40.7 Å². The van der Waals surface area contributed by atoms with E-state index in [4.69, 9.17) is 0 Å². The number of aromatic amines is 1. The first-order valence-corrected chi connectivity index (χ1v) is 5.44. The number of nitrogens with zero attached hydrogens (tertiary/aromatic N) is 1. The molecule has 0 bridgehead atoms. The molecule has 0 radical (unpaired) electrons. The molecule has 0 amide bonds. The van der Waals surface area contributed by atoms with Crippen LogP contribution in [0.5, 0.6) is 0 Å². The number of para-hydroxylation sites is 1. The van der Waals surface area contributed by atoms with Crippen LogP contribution in [0.3, 0.4) is 0 Å². The zero-order valence-electron chi connectivity index (χ0n) is 8.85. The fourth-order valence-corrected chi connectivity index (χ4v) is 2.02. The standard InChI is InChI=1S/C13H13N3/c1-2-4-13-10(3-1)9-12(15-13)6-5-11-7-8-14-16-11/h1-8,12,15H,9H2,(H,14,16)/b6-5+. The highest BCUT2D eigenvalue weighted by atomic mass is 15.1. The van der Waals surface area contributed by atoms with E-state index in [1.54, 1.807) is 0 Å². The minimum absolute atomic E-state index is 0.383. The molecule has 80 valence electrons. The molecule has 2 N–H and O–H groups in total. The van der Waals surface area contributed by atoms with E-state index in [0.717, 1.165) is 12.1 Å². The van der Waals surface area contributed by atoms with Gasteiger partial charge in [-0.3, -0.25) is 5.10 Å². The Kier molecular flexibility index (Phi) is 2.22. The van der Waals surface area contributed by atoms with Gasteiger partial charge in [0.05, 0.1) is 5.69 Å². The van der Waals surface area contributed by atoms with E-state index >= 15 is 0 Å². The van der Waals surface area contributed by atoms with Crippen molar-refractivity contribution in [2.45, 2.75) is 12.5 Å². The zero-order chi connectivity index (χ0) is 10.8. The summed E-state index contributed by atoms with van der Waals surface area (Å²) in [4.78, 5) is 0. The molecule has 2 heterocycles. The number of hydrogen-bond donors (Lipinski definition) is 2. The summed E-state index contributed by atoms with van der Waals surface area (Å²) in [6.45, 7) is 0. The summed E-state index contributed by atoms with van der Waals surface area (Å²) in [6.07, 6.45) is 7.09. The predicted octanol–water partition coefficient (Wildman–Crippen LogP) is 2.46. The van der Waals surface area contributed by atoms with E-state index in [0.29, 0.717) is 6.04 Å². The number of hydrogen-bond acceptors (Lipinski definition) is 2. The van der Waals surface area contributed by atoms with E-state index in [9.17, 15) is 0 Å². The minimum atomic E-state index is 0.383. The van der Waals surface area contributed by atoms with Crippen LogP contribution in [0.25, 0.3) is 6.08 Å². The highest BCUT2D eigenvalue weighted by Gasteiger charge is 2.16. The first-order chi connectivity index (χ1) is 7.92. The van der Waals surface area contributed by atoms with Gasteiger partial charge in [0, 0.05) is 17.9 Å². The molecule has 1 aromatic heterocycles. The molecule has 0 spiro atoms. The molecular weight excluding hydrogens is 198 g/mol. The van der Waals surface area contributed by atoms with Crippen LogP contribution >= 0.6 is 0 Å². The molecular formula is C13H13N3. The van der Waals surface area contributed by atoms with Gasteiger partial charge in [-0.2, -0.15) is 5.10 Å². The second kappa shape index (κ2) is 3.85. The van der Waals surface area contributed by atoms with Crippen molar-refractivity contribution in [3.05, 3.63) is 53.9 Å². The molecule has 2 aromatic rings. The smallest absolute Gasteiger partial charge is 0.0845 e. The maximum absolute atomic E-state index is 4.09. The van der Waals surface area contributed by atoms with Crippen molar-refractivity contribution >= 4 is 11.8 Å². The monoisotopic (exact) mass is 211 g/mol. The Hall–Kier alpha value is -2.03. The van der Waals surface area contributed by atoms with E-state index in [2.05, 4.69) is 45.9 Å². The van der Waals surface area contributed by atoms with Crippen LogP contribution in [0.2, 0.25) is 0 Å². The SMILES string of the molecule is C(=C\C1Cc2ccccc2N1)/c1cc[nH]n1. The summed E-state index contributed by atoms with van der Waals surface area (Å²) in [5.41, 5.74) is 3.61. The summed E-state index contributed by atoms with van der Waals surface area (Å²) in [5, 5.41) is 10.4. The number of rotatable bonds is 2. The van der Waals surface area contributed by atoms with Crippen molar-refractivity contribution < 1.29 is 0 Å². The van der Waals surface area contributed by atoms with Gasteiger partial charge in [-0.15, -0.1) is 0 Å². The van der Waals surface area contributed by atoms with Gasteiger partial charge >= 0.3 is 0 Å². The molecule has 3 rings (SSSR count). The van der Waals surface area contributed by atoms with Gasteiger partial charge in [-0.1, -0.05) is 24.3 Å². The Morgan fingerprint density at radius 3 is 3.00 bits per heavy atom. The van der Waals surface area contributed by atoms with Crippen LogP contribution in [0, 0.1) is 0 Å². The van der Waals surface area contributed by atoms with Gasteiger partial charge in [-0.05, 0) is 30.2 Å². The van der Waals surface area contributed by atoms with Crippen molar-refractivity contribution in [1.82, 2.24) is 10.2 Å². The third-order valence-electron chi connectivity index (χ3n) is 2.82. The van der Waals surface area contributed by atoms with Crippen molar-refractivity contribution in [3.8, 4) is 0 Å². The summed E-state index contributed by atoms with van der Waals surface area (Å²) < 4.78 is 0. The number of benzene rings is 1. The third kappa shape index (κ3) is 1.72. The van der Waals surface area contributed by atoms with Gasteiger partial charge in [0.2, 0.25) is 0 Å². The lowest BCUT2D eigenvalue weighted by molar-refractivity contribution is 0.927. The van der Waals surface area contributed by atoms with E-state index in [1.165, 1.54) is 11.3 Å². The molecule has 0 saturated carbocycles. The molecule has 0 fully saturated rings. The van der Waals surface area contributed by atoms with E-state index in [1.807, 2.05) is 18.3 Å². The van der Waals surface area contributed by atoms with Crippen LogP contribution in [0.1, 0.15) is 11.3 Å². The minimum Gasteiger partial charge on any atom is -0.378 e. The fraction of sp³-hybridized carbons (Fsp3) is 0.154. The Morgan fingerprint density at radius 2 is 2.19 bits per heavy atom. The van der Waals surface area contributed by atoms with Crippen LogP contribution in [-0.2, 0) is 6.42 Å². The first kappa shape index (κ1) is 9.21. The van der Waals surface area contributed by atoms with Crippen molar-refractivity contribution in [2.75, 3.05) is 5.32 Å². The Labute approximate surface area is 94.2 Å². The highest BCUT2D eigenvalue weighted by molar-refractivity contribution is 5.59. The molecule has 3 heteroatoms. The molecule has 1 unspecified atom stereocenters. The molecule has 0 aliphatic carbocycles. The average Bonchev–Trinajstić information content (AvgIpc) is 2.95. The normalized spacial score (nSPS) is 18.6. The summed E-state index contributed by atoms with van der Waals surface area (Å²) in [5.74, 6) is 0. The molecule has 1 aliphatic heterocycles. The van der Waals surface area contributed by atoms with Crippen molar-refractivity contribution in [1.29, 1.82) is 0 Å². The average molecular weight is 211 g/mol. The lowest BCUT2D eigenvalue weighted by Crippen LogP contribution is -2.10. The Morgan fingerprint density at radius 1 is 1.25 bits per heavy atom. The number of H-pyrrole nitrogens is 1. The molecule has 16 heavy (non-hydrogen) atoms. The Balaban J connectivity index is 1.73. The molecule has 3 nitrogen and oxygen atoms in total. The van der Waals surface area contributed by atoms with E-state index < -0.39 is 0 Å². The van der Waals surface area contributed by atoms with E-state index in [-0.39, 0.29) is 0 Å². The first-order valence-electron chi connectivity index (χ1n) is 5.44. The summed E-state index contributed by atoms with van der Waals surface area (Å²) in [6, 6.07) is 10.8. The predicted molar refractivity (Wildman–Crippen MR) is 65.2 cm³/mol. The molecule has 0 saturated heterocycles. The summed E-state index contributed by atoms with van der Waals surface area (Å²) in [7, 11) is 0. The van der Waals surface area contributed by atoms with Gasteiger partial charge < -0.3 is 5.32 Å². The van der Waals surface area contributed by atoms with Gasteiger partial charge in [-0.25, -0.2) is 0 Å². The van der Waals surface area contributed by atoms with Crippen LogP contribution in [0.4, 0.5) is 5.69 Å². The number of aromatic nitrogens is 2. The van der Waals surface area contributed by atoms with Gasteiger partial charge in [0.25, 0.3) is 0 Å². The number of fused-ring (bicyclic) bond motifs is 1. The quantitative estimate of drug-likeness (QED) is 0.801. The fourth-order valence-electron chi connectivity index (χ4n) is 2.02. The lowest BCUT2D eigenvalue weighted by Gasteiger charge is -2.03. The van der Waals surface area contributed by atoms with Gasteiger partial charge in [0.1, 0.15) is 0 Å². The maximum atomic E-state index is 4.09. The maximum Gasteiger partial charge on any atom is 0.0845 e. The van der Waals surface area contributed by atoms with Crippen LogP contribution < -0.4 is 5.32 Å². The summed E-state index contributed by atoms with van der Waals surface area (Å²) >= 11 is 0. The van der Waals surface area contributed by atoms with Crippen molar-refractivity contribution in [3.63, 3.8) is 0 Å². The molecule has 1 aliphatic rings. The Bertz CT molecular complexity index is 475. The zero-order valence-corrected chi connectivity index (χ0v) is 8.85. The van der Waals surface area contributed by atoms with Crippen LogP contribution in [-0.4, -0.2) is 16.2 Å². The van der Waals surface area contributed by atoms with Crippen LogP contribution in [0.15, 0.2) is 42.6 Å². The van der Waals surface area contributed by atoms with Gasteiger partial charge in [0.15, 0.2) is 0 Å². The largest absolute Gasteiger partial charge is 0.378 e. The highest BCUT2D eigenvalue weighted by Crippen LogP contribution is 2.25. The number of nitrogens with one attached hydrogen (secondary N) is 2. The lowest BCUT2D eigenvalue weighted by atomic mass is 10.1. The molecule has 1 aromatic carbocycles. The molecule has 1 atom stereocenters. The second-order valence-electron chi connectivity index (χ2n) is 3.97. The van der Waals surface area contributed by atoms with Crippen molar-refractivity contribution in [2.24, 2.45) is 0 Å².